The second-order valence-electron chi connectivity index (χ2n) is 7.30. The maximum atomic E-state index is 12.5. The van der Waals surface area contributed by atoms with E-state index in [0.29, 0.717) is 5.75 Å². The largest absolute Gasteiger partial charge is 0.496 e. The third kappa shape index (κ3) is 4.51. The van der Waals surface area contributed by atoms with Crippen molar-refractivity contribution in [3.63, 3.8) is 0 Å². The fourth-order valence-electron chi connectivity index (χ4n) is 3.52. The molecule has 7 nitrogen and oxygen atoms in total. The van der Waals surface area contributed by atoms with Gasteiger partial charge in [-0.1, -0.05) is 35.9 Å². The molecule has 1 heterocycles. The first-order valence-electron chi connectivity index (χ1n) is 9.59. The molecule has 0 aliphatic heterocycles. The lowest BCUT2D eigenvalue weighted by Gasteiger charge is -2.14. The molecule has 3 aromatic rings. The molecule has 0 radical (unpaired) electrons. The number of amides is 1. The van der Waals surface area contributed by atoms with Gasteiger partial charge in [0.1, 0.15) is 12.3 Å². The van der Waals surface area contributed by atoms with Gasteiger partial charge in [0.15, 0.2) is 0 Å². The number of hydrogen-bond acceptors (Lipinski definition) is 4. The number of nitrogens with zero attached hydrogens (tertiary/aromatic N) is 2. The van der Waals surface area contributed by atoms with Crippen LogP contribution >= 0.6 is 0 Å². The van der Waals surface area contributed by atoms with E-state index < -0.39 is 11.1 Å². The Balaban J connectivity index is 1.80. The first-order chi connectivity index (χ1) is 14.3. The van der Waals surface area contributed by atoms with Crippen molar-refractivity contribution in [2.75, 3.05) is 12.4 Å². The van der Waals surface area contributed by atoms with Crippen LogP contribution < -0.4 is 21.2 Å². The van der Waals surface area contributed by atoms with Gasteiger partial charge >= 0.3 is 11.1 Å². The van der Waals surface area contributed by atoms with Crippen LogP contribution in [0.5, 0.6) is 5.75 Å². The van der Waals surface area contributed by atoms with E-state index in [4.69, 9.17) is 4.74 Å². The van der Waals surface area contributed by atoms with E-state index >= 15 is 0 Å². The van der Waals surface area contributed by atoms with E-state index in [1.54, 1.807) is 13.2 Å². The molecule has 1 N–H and O–H groups in total. The maximum Gasteiger partial charge on any atom is 0.316 e. The van der Waals surface area contributed by atoms with E-state index in [9.17, 15) is 14.4 Å². The molecular formula is C23H25N3O4. The molecule has 0 spiro atoms. The van der Waals surface area contributed by atoms with Gasteiger partial charge in [-0.15, -0.1) is 0 Å². The van der Waals surface area contributed by atoms with Crippen LogP contribution in [0, 0.1) is 20.8 Å². The summed E-state index contributed by atoms with van der Waals surface area (Å²) in [4.78, 5) is 37.6. The standard InChI is InChI=1S/C23H25N3O4/c1-15-11-16(2)21(17(3)12-15)24-20(27)14-26-10-9-25(22(28)23(26)29)13-18-7-5-6-8-19(18)30-4/h5-12H,13-14H2,1-4H3,(H,24,27). The quantitative estimate of drug-likeness (QED) is 0.637. The van der Waals surface area contributed by atoms with Crippen LogP contribution in [0.1, 0.15) is 22.3 Å². The number of anilines is 1. The fourth-order valence-corrected chi connectivity index (χ4v) is 3.52. The smallest absolute Gasteiger partial charge is 0.316 e. The van der Waals surface area contributed by atoms with E-state index in [-0.39, 0.29) is 19.0 Å². The van der Waals surface area contributed by atoms with Crippen molar-refractivity contribution in [3.8, 4) is 5.75 Å². The van der Waals surface area contributed by atoms with Gasteiger partial charge in [0.2, 0.25) is 5.91 Å². The number of aryl methyl sites for hydroxylation is 3. The van der Waals surface area contributed by atoms with Crippen LogP contribution in [0.15, 0.2) is 58.4 Å². The molecule has 7 heteroatoms. The average Bonchev–Trinajstić information content (AvgIpc) is 2.70. The van der Waals surface area contributed by atoms with Gasteiger partial charge < -0.3 is 14.6 Å². The first-order valence-corrected chi connectivity index (χ1v) is 9.59. The summed E-state index contributed by atoms with van der Waals surface area (Å²) in [5, 5.41) is 2.85. The highest BCUT2D eigenvalue weighted by molar-refractivity contribution is 5.92. The molecule has 3 rings (SSSR count). The van der Waals surface area contributed by atoms with Gasteiger partial charge in [-0.3, -0.25) is 19.0 Å². The zero-order valence-corrected chi connectivity index (χ0v) is 17.6. The van der Waals surface area contributed by atoms with E-state index in [1.807, 2.05) is 51.1 Å². The van der Waals surface area contributed by atoms with Crippen molar-refractivity contribution >= 4 is 11.6 Å². The summed E-state index contributed by atoms with van der Waals surface area (Å²) >= 11 is 0. The van der Waals surface area contributed by atoms with Gasteiger partial charge in [0, 0.05) is 23.6 Å². The number of aromatic nitrogens is 2. The molecular weight excluding hydrogens is 382 g/mol. The Morgan fingerprint density at radius 3 is 2.23 bits per heavy atom. The Hall–Kier alpha value is -3.61. The fraction of sp³-hybridized carbons (Fsp3) is 0.261. The predicted molar refractivity (Wildman–Crippen MR) is 116 cm³/mol. The van der Waals surface area contributed by atoms with E-state index in [1.165, 1.54) is 17.0 Å². The lowest BCUT2D eigenvalue weighted by atomic mass is 10.1. The first kappa shape index (κ1) is 21.1. The van der Waals surface area contributed by atoms with Crippen molar-refractivity contribution in [3.05, 3.63) is 91.8 Å². The summed E-state index contributed by atoms with van der Waals surface area (Å²) in [5.74, 6) is 0.269. The summed E-state index contributed by atoms with van der Waals surface area (Å²) in [5.41, 5.74) is 3.06. The Bertz CT molecular complexity index is 1180. The van der Waals surface area contributed by atoms with Crippen molar-refractivity contribution < 1.29 is 9.53 Å². The minimum atomic E-state index is -0.750. The van der Waals surface area contributed by atoms with Crippen LogP contribution in [0.25, 0.3) is 0 Å². The van der Waals surface area contributed by atoms with E-state index in [2.05, 4.69) is 5.32 Å². The lowest BCUT2D eigenvalue weighted by Crippen LogP contribution is -2.42. The van der Waals surface area contributed by atoms with Gasteiger partial charge in [-0.25, -0.2) is 0 Å². The minimum Gasteiger partial charge on any atom is -0.496 e. The number of benzene rings is 2. The average molecular weight is 407 g/mol. The van der Waals surface area contributed by atoms with Crippen molar-refractivity contribution in [1.29, 1.82) is 0 Å². The molecule has 0 atom stereocenters. The van der Waals surface area contributed by atoms with Crippen LogP contribution in [0.4, 0.5) is 5.69 Å². The van der Waals surface area contributed by atoms with Gasteiger partial charge in [-0.2, -0.15) is 0 Å². The number of hydrogen-bond donors (Lipinski definition) is 1. The predicted octanol–water partition coefficient (Wildman–Crippen LogP) is 2.63. The van der Waals surface area contributed by atoms with Crippen molar-refractivity contribution in [1.82, 2.24) is 9.13 Å². The van der Waals surface area contributed by atoms with Gasteiger partial charge in [-0.05, 0) is 38.0 Å². The third-order valence-corrected chi connectivity index (χ3v) is 4.92. The molecule has 0 fully saturated rings. The number of rotatable bonds is 6. The normalized spacial score (nSPS) is 10.7. The number of para-hydroxylation sites is 1. The number of ether oxygens (including phenoxy) is 1. The van der Waals surface area contributed by atoms with Crippen LogP contribution in [0.3, 0.4) is 0 Å². The lowest BCUT2D eigenvalue weighted by molar-refractivity contribution is -0.116. The summed E-state index contributed by atoms with van der Waals surface area (Å²) in [6.45, 7) is 5.79. The third-order valence-electron chi connectivity index (χ3n) is 4.92. The molecule has 2 aromatic carbocycles. The number of carbonyl (C=O) groups excluding carboxylic acids is 1. The van der Waals surface area contributed by atoms with Crippen LogP contribution in [0.2, 0.25) is 0 Å². The highest BCUT2D eigenvalue weighted by atomic mass is 16.5. The second-order valence-corrected chi connectivity index (χ2v) is 7.30. The highest BCUT2D eigenvalue weighted by Gasteiger charge is 2.13. The number of methoxy groups -OCH3 is 1. The molecule has 0 aliphatic rings. The molecule has 156 valence electrons. The SMILES string of the molecule is COc1ccccc1Cn1ccn(CC(=O)Nc2c(C)cc(C)cc2C)c(=O)c1=O. The molecule has 30 heavy (non-hydrogen) atoms. The van der Waals surface area contributed by atoms with Crippen molar-refractivity contribution in [2.45, 2.75) is 33.9 Å². The Labute approximate surface area is 174 Å². The monoisotopic (exact) mass is 407 g/mol. The molecule has 0 saturated carbocycles. The molecule has 1 amide bonds. The van der Waals surface area contributed by atoms with Gasteiger partial charge in [0.25, 0.3) is 0 Å². The summed E-state index contributed by atoms with van der Waals surface area (Å²) in [6, 6.07) is 11.3. The van der Waals surface area contributed by atoms with Crippen molar-refractivity contribution in [2.24, 2.45) is 0 Å². The van der Waals surface area contributed by atoms with Crippen LogP contribution in [-0.4, -0.2) is 22.2 Å². The van der Waals surface area contributed by atoms with E-state index in [0.717, 1.165) is 32.5 Å². The maximum absolute atomic E-state index is 12.5. The number of carbonyl (C=O) groups is 1. The summed E-state index contributed by atoms with van der Waals surface area (Å²) in [6.07, 6.45) is 2.96. The summed E-state index contributed by atoms with van der Waals surface area (Å²) in [7, 11) is 1.55. The molecule has 0 aliphatic carbocycles. The molecule has 1 aromatic heterocycles. The minimum absolute atomic E-state index is 0.201. The highest BCUT2D eigenvalue weighted by Crippen LogP contribution is 2.22. The van der Waals surface area contributed by atoms with Crippen LogP contribution in [-0.2, 0) is 17.9 Å². The summed E-state index contributed by atoms with van der Waals surface area (Å²) < 4.78 is 7.72. The zero-order valence-electron chi connectivity index (χ0n) is 17.6. The topological polar surface area (TPSA) is 82.3 Å². The molecule has 0 saturated heterocycles. The Morgan fingerprint density at radius 2 is 1.57 bits per heavy atom. The zero-order chi connectivity index (χ0) is 21.8. The second kappa shape index (κ2) is 8.82. The Kier molecular flexibility index (Phi) is 6.20. The van der Waals surface area contributed by atoms with Gasteiger partial charge in [0.05, 0.1) is 13.7 Å². The number of nitrogens with one attached hydrogen (secondary N) is 1. The molecule has 0 unspecified atom stereocenters. The Morgan fingerprint density at radius 1 is 0.967 bits per heavy atom. The molecule has 0 bridgehead atoms.